The van der Waals surface area contributed by atoms with E-state index in [1.807, 2.05) is 0 Å². The van der Waals surface area contributed by atoms with Gasteiger partial charge >= 0.3 is 0 Å². The summed E-state index contributed by atoms with van der Waals surface area (Å²) < 4.78 is 26.7. The Kier molecular flexibility index (Phi) is 4.53. The summed E-state index contributed by atoms with van der Waals surface area (Å²) in [7, 11) is -3.43. The van der Waals surface area contributed by atoms with Crippen molar-refractivity contribution >= 4 is 10.0 Å². The third kappa shape index (κ3) is 3.89. The third-order valence-corrected chi connectivity index (χ3v) is 4.36. The summed E-state index contributed by atoms with van der Waals surface area (Å²) in [6.07, 6.45) is 3.24. The van der Waals surface area contributed by atoms with Gasteiger partial charge in [-0.1, -0.05) is 24.3 Å². The zero-order valence-electron chi connectivity index (χ0n) is 11.1. The fourth-order valence-electron chi connectivity index (χ4n) is 1.84. The van der Waals surface area contributed by atoms with Gasteiger partial charge in [-0.15, -0.1) is 0 Å². The van der Waals surface area contributed by atoms with E-state index in [1.165, 1.54) is 0 Å². The summed E-state index contributed by atoms with van der Waals surface area (Å²) in [5, 5.41) is 15.4. The van der Waals surface area contributed by atoms with Crippen LogP contribution in [-0.2, 0) is 22.4 Å². The molecule has 0 aliphatic heterocycles. The van der Waals surface area contributed by atoms with Crippen molar-refractivity contribution in [1.29, 1.82) is 0 Å². The zero-order chi connectivity index (χ0) is 14.6. The van der Waals surface area contributed by atoms with E-state index in [0.29, 0.717) is 5.56 Å². The Hall–Kier alpha value is -1.70. The second-order valence-electron chi connectivity index (χ2n) is 4.60. The van der Waals surface area contributed by atoms with Gasteiger partial charge in [-0.2, -0.15) is 5.10 Å². The number of benzene rings is 1. The maximum atomic E-state index is 12.1. The molecule has 0 saturated carbocycles. The molecule has 2 aromatic rings. The van der Waals surface area contributed by atoms with Crippen molar-refractivity contribution in [3.63, 3.8) is 0 Å². The molecule has 1 heterocycles. The number of H-pyrrole nitrogens is 1. The predicted molar refractivity (Wildman–Crippen MR) is 75.1 cm³/mol. The minimum atomic E-state index is -3.43. The quantitative estimate of drug-likeness (QED) is 0.743. The van der Waals surface area contributed by atoms with Gasteiger partial charge in [-0.05, 0) is 18.1 Å². The molecule has 7 heteroatoms. The minimum absolute atomic E-state index is 0.0528. The second-order valence-corrected chi connectivity index (χ2v) is 6.36. The number of rotatable bonds is 6. The number of aromatic nitrogens is 2. The molecule has 0 fully saturated rings. The summed E-state index contributed by atoms with van der Waals surface area (Å²) in [5.41, 5.74) is 2.21. The van der Waals surface area contributed by atoms with Gasteiger partial charge in [0, 0.05) is 17.8 Å². The first kappa shape index (κ1) is 14.7. The van der Waals surface area contributed by atoms with Crippen molar-refractivity contribution in [1.82, 2.24) is 14.9 Å². The monoisotopic (exact) mass is 295 g/mol. The van der Waals surface area contributed by atoms with Crippen molar-refractivity contribution in [2.24, 2.45) is 0 Å². The molecule has 1 atom stereocenters. The van der Waals surface area contributed by atoms with Crippen LogP contribution in [0.2, 0.25) is 0 Å². The van der Waals surface area contributed by atoms with Gasteiger partial charge < -0.3 is 5.11 Å². The fourth-order valence-corrected chi connectivity index (χ4v) is 3.23. The highest BCUT2D eigenvalue weighted by Gasteiger charge is 2.17. The lowest BCUT2D eigenvalue weighted by atomic mass is 10.2. The number of sulfonamides is 1. The Morgan fingerprint density at radius 2 is 1.95 bits per heavy atom. The van der Waals surface area contributed by atoms with Crippen LogP contribution in [0.25, 0.3) is 0 Å². The Bertz CT molecular complexity index is 636. The van der Waals surface area contributed by atoms with Crippen LogP contribution >= 0.6 is 0 Å². The maximum absolute atomic E-state index is 12.1. The van der Waals surface area contributed by atoms with E-state index in [-0.39, 0.29) is 18.4 Å². The van der Waals surface area contributed by atoms with Crippen LogP contribution in [0.15, 0.2) is 36.7 Å². The highest BCUT2D eigenvalue weighted by atomic mass is 32.2. The summed E-state index contributed by atoms with van der Waals surface area (Å²) in [4.78, 5) is 0. The largest absolute Gasteiger partial charge is 0.392 e. The summed E-state index contributed by atoms with van der Waals surface area (Å²) in [6.45, 7) is 1.71. The lowest BCUT2D eigenvalue weighted by molar-refractivity contribution is 0.282. The number of aliphatic hydroxyl groups excluding tert-OH is 1. The molecule has 0 spiro atoms. The van der Waals surface area contributed by atoms with Crippen LogP contribution in [0.5, 0.6) is 0 Å². The van der Waals surface area contributed by atoms with Gasteiger partial charge in [0.05, 0.1) is 18.6 Å². The van der Waals surface area contributed by atoms with Crippen molar-refractivity contribution in [2.75, 3.05) is 0 Å². The Labute approximate surface area is 117 Å². The van der Waals surface area contributed by atoms with Crippen molar-refractivity contribution in [3.8, 4) is 0 Å². The van der Waals surface area contributed by atoms with Gasteiger partial charge in [0.2, 0.25) is 10.0 Å². The molecule has 1 aromatic carbocycles. The lowest BCUT2D eigenvalue weighted by Gasteiger charge is -2.12. The molecule has 0 aliphatic carbocycles. The van der Waals surface area contributed by atoms with Gasteiger partial charge in [0.15, 0.2) is 0 Å². The normalized spacial score (nSPS) is 13.3. The summed E-state index contributed by atoms with van der Waals surface area (Å²) >= 11 is 0. The number of hydrogen-bond donors (Lipinski definition) is 3. The average Bonchev–Trinajstić information content (AvgIpc) is 2.92. The Morgan fingerprint density at radius 3 is 2.50 bits per heavy atom. The van der Waals surface area contributed by atoms with Crippen LogP contribution in [0.3, 0.4) is 0 Å². The van der Waals surface area contributed by atoms with E-state index in [0.717, 1.165) is 11.1 Å². The number of aromatic amines is 1. The lowest BCUT2D eigenvalue weighted by Crippen LogP contribution is -2.27. The van der Waals surface area contributed by atoms with Crippen molar-refractivity contribution < 1.29 is 13.5 Å². The number of hydrogen-bond acceptors (Lipinski definition) is 4. The number of aliphatic hydroxyl groups is 1. The Balaban J connectivity index is 2.03. The van der Waals surface area contributed by atoms with Crippen LogP contribution in [0.1, 0.15) is 29.7 Å². The highest BCUT2D eigenvalue weighted by molar-refractivity contribution is 7.88. The first-order valence-electron chi connectivity index (χ1n) is 6.17. The minimum Gasteiger partial charge on any atom is -0.392 e. The molecule has 6 nitrogen and oxygen atoms in total. The van der Waals surface area contributed by atoms with E-state index in [9.17, 15) is 8.42 Å². The third-order valence-electron chi connectivity index (χ3n) is 2.94. The second kappa shape index (κ2) is 6.17. The molecule has 108 valence electrons. The topological polar surface area (TPSA) is 95.1 Å². The van der Waals surface area contributed by atoms with Gasteiger partial charge in [0.25, 0.3) is 0 Å². The van der Waals surface area contributed by atoms with Crippen molar-refractivity contribution in [2.45, 2.75) is 25.3 Å². The highest BCUT2D eigenvalue weighted by Crippen LogP contribution is 2.13. The molecule has 0 amide bonds. The van der Waals surface area contributed by atoms with Crippen molar-refractivity contribution in [3.05, 3.63) is 53.3 Å². The van der Waals surface area contributed by atoms with Crippen LogP contribution in [0, 0.1) is 0 Å². The number of nitrogens with one attached hydrogen (secondary N) is 2. The van der Waals surface area contributed by atoms with Crippen LogP contribution < -0.4 is 4.72 Å². The molecule has 0 saturated heterocycles. The van der Waals surface area contributed by atoms with E-state index in [4.69, 9.17) is 5.11 Å². The molecular formula is C13H17N3O3S. The zero-order valence-corrected chi connectivity index (χ0v) is 11.9. The van der Waals surface area contributed by atoms with Crippen LogP contribution in [-0.4, -0.2) is 23.7 Å². The molecule has 2 rings (SSSR count). The first-order chi connectivity index (χ1) is 9.50. The van der Waals surface area contributed by atoms with Gasteiger partial charge in [0.1, 0.15) is 0 Å². The SMILES string of the molecule is CC(NS(=O)(=O)Cc1ccc(CO)cc1)c1cn[nH]c1. The molecule has 0 aliphatic rings. The summed E-state index contributed by atoms with van der Waals surface area (Å²) in [6, 6.07) is 6.49. The fraction of sp³-hybridized carbons (Fsp3) is 0.308. The molecule has 1 aromatic heterocycles. The molecular weight excluding hydrogens is 278 g/mol. The molecule has 20 heavy (non-hydrogen) atoms. The average molecular weight is 295 g/mol. The Morgan fingerprint density at radius 1 is 1.30 bits per heavy atom. The smallest absolute Gasteiger partial charge is 0.216 e. The van der Waals surface area contributed by atoms with Gasteiger partial charge in [-0.3, -0.25) is 5.10 Å². The first-order valence-corrected chi connectivity index (χ1v) is 7.83. The molecule has 1 unspecified atom stereocenters. The standard InChI is InChI=1S/C13H17N3O3S/c1-10(13-6-14-15-7-13)16-20(18,19)9-12-4-2-11(8-17)3-5-12/h2-7,10,16-17H,8-9H2,1H3,(H,14,15). The number of nitrogens with zero attached hydrogens (tertiary/aromatic N) is 1. The van der Waals surface area contributed by atoms with Crippen LogP contribution in [0.4, 0.5) is 0 Å². The maximum Gasteiger partial charge on any atom is 0.216 e. The van der Waals surface area contributed by atoms with E-state index >= 15 is 0 Å². The van der Waals surface area contributed by atoms with Gasteiger partial charge in [-0.25, -0.2) is 13.1 Å². The molecule has 0 radical (unpaired) electrons. The predicted octanol–water partition coefficient (Wildman–Crippen LogP) is 1.08. The molecule has 0 bridgehead atoms. The van der Waals surface area contributed by atoms with E-state index in [1.54, 1.807) is 43.6 Å². The summed E-state index contributed by atoms with van der Waals surface area (Å²) in [5.74, 6) is -0.0963. The van der Waals surface area contributed by atoms with E-state index in [2.05, 4.69) is 14.9 Å². The molecule has 3 N–H and O–H groups in total. The van der Waals surface area contributed by atoms with E-state index < -0.39 is 10.0 Å².